The van der Waals surface area contributed by atoms with Crippen molar-refractivity contribution in [3.63, 3.8) is 0 Å². The van der Waals surface area contributed by atoms with Crippen LogP contribution in [-0.4, -0.2) is 18.7 Å². The summed E-state index contributed by atoms with van der Waals surface area (Å²) in [6, 6.07) is 19.8. The number of anilines is 1. The molecule has 0 atom stereocenters. The van der Waals surface area contributed by atoms with Gasteiger partial charge in [-0.1, -0.05) is 36.4 Å². The summed E-state index contributed by atoms with van der Waals surface area (Å²) in [6.07, 6.45) is 8.75. The zero-order chi connectivity index (χ0) is 21.3. The van der Waals surface area contributed by atoms with E-state index in [1.165, 1.54) is 44.8 Å². The van der Waals surface area contributed by atoms with Crippen molar-refractivity contribution in [2.24, 2.45) is 0 Å². The maximum atomic E-state index is 2.38. The number of nitrogens with zero attached hydrogens (tertiary/aromatic N) is 3. The van der Waals surface area contributed by atoms with E-state index in [0.717, 1.165) is 6.54 Å². The van der Waals surface area contributed by atoms with Crippen molar-refractivity contribution in [2.45, 2.75) is 27.3 Å². The lowest BCUT2D eigenvalue weighted by Gasteiger charge is -2.11. The maximum absolute atomic E-state index is 2.38. The number of hydrogen-bond acceptors (Lipinski definition) is 1. The van der Waals surface area contributed by atoms with Gasteiger partial charge in [-0.15, -0.1) is 0 Å². The quantitative estimate of drug-likeness (QED) is 0.290. The SMILES string of the molecule is CCn1c(-c2ccc(C)c(C)c2)c[n+]2ccc(/C=C/c3ccc(N(C)C)cc3)cc12.[I-]. The van der Waals surface area contributed by atoms with Crippen LogP contribution >= 0.6 is 0 Å². The van der Waals surface area contributed by atoms with Crippen LogP contribution < -0.4 is 33.3 Å². The Morgan fingerprint density at radius 3 is 2.23 bits per heavy atom. The molecule has 0 saturated carbocycles. The van der Waals surface area contributed by atoms with Crippen LogP contribution in [0.3, 0.4) is 0 Å². The zero-order valence-electron chi connectivity index (χ0n) is 18.9. The highest BCUT2D eigenvalue weighted by Gasteiger charge is 2.18. The number of aromatic nitrogens is 2. The van der Waals surface area contributed by atoms with Gasteiger partial charge in [-0.05, 0) is 67.3 Å². The smallest absolute Gasteiger partial charge is 0.287 e. The molecule has 0 aliphatic carbocycles. The van der Waals surface area contributed by atoms with Crippen LogP contribution in [0.2, 0.25) is 0 Å². The first kappa shape index (κ1) is 23.1. The van der Waals surface area contributed by atoms with Gasteiger partial charge in [0.1, 0.15) is 6.20 Å². The zero-order valence-corrected chi connectivity index (χ0v) is 21.1. The Balaban J connectivity index is 0.00000272. The number of halogens is 1. The van der Waals surface area contributed by atoms with Crippen LogP contribution in [0.5, 0.6) is 0 Å². The van der Waals surface area contributed by atoms with Gasteiger partial charge in [0, 0.05) is 31.4 Å². The Bertz CT molecular complexity index is 1220. The standard InChI is InChI=1S/C27H30N3.HI/c1-6-30-26(24-12-7-20(2)21(3)17-24)19-29-16-15-23(18-27(29)30)9-8-22-10-13-25(14-11-22)28(4)5;/h7-19H,6H2,1-5H3;1H/q+1;/p-1. The van der Waals surface area contributed by atoms with Crippen molar-refractivity contribution in [1.29, 1.82) is 0 Å². The highest BCUT2D eigenvalue weighted by Crippen LogP contribution is 2.24. The molecule has 0 fully saturated rings. The summed E-state index contributed by atoms with van der Waals surface area (Å²) in [5, 5.41) is 0. The van der Waals surface area contributed by atoms with Gasteiger partial charge in [0.15, 0.2) is 5.69 Å². The molecule has 0 aliphatic rings. The molecule has 0 radical (unpaired) electrons. The Morgan fingerprint density at radius 1 is 0.871 bits per heavy atom. The van der Waals surface area contributed by atoms with Gasteiger partial charge in [0.25, 0.3) is 5.65 Å². The number of benzene rings is 2. The molecule has 4 rings (SSSR count). The monoisotopic (exact) mass is 523 g/mol. The van der Waals surface area contributed by atoms with Crippen molar-refractivity contribution >= 4 is 23.5 Å². The Kier molecular flexibility index (Phi) is 7.21. The molecule has 0 saturated heterocycles. The predicted octanol–water partition coefficient (Wildman–Crippen LogP) is 2.77. The van der Waals surface area contributed by atoms with E-state index in [9.17, 15) is 0 Å². The Morgan fingerprint density at radius 2 is 1.58 bits per heavy atom. The van der Waals surface area contributed by atoms with Crippen LogP contribution in [-0.2, 0) is 6.54 Å². The molecule has 4 heteroatoms. The van der Waals surface area contributed by atoms with Crippen molar-refractivity contribution in [3.8, 4) is 11.3 Å². The second kappa shape index (κ2) is 9.69. The molecular weight excluding hydrogens is 493 g/mol. The number of pyridine rings is 1. The van der Waals surface area contributed by atoms with Gasteiger partial charge in [-0.3, -0.25) is 0 Å². The summed E-state index contributed by atoms with van der Waals surface area (Å²) < 4.78 is 4.60. The van der Waals surface area contributed by atoms with E-state index < -0.39 is 0 Å². The highest BCUT2D eigenvalue weighted by molar-refractivity contribution is 5.72. The van der Waals surface area contributed by atoms with E-state index in [1.807, 2.05) is 0 Å². The Labute approximate surface area is 202 Å². The molecule has 160 valence electrons. The molecule has 31 heavy (non-hydrogen) atoms. The van der Waals surface area contributed by atoms with Crippen LogP contribution in [0.25, 0.3) is 29.1 Å². The van der Waals surface area contributed by atoms with E-state index in [0.29, 0.717) is 0 Å². The summed E-state index contributed by atoms with van der Waals surface area (Å²) in [6.45, 7) is 7.48. The number of fused-ring (bicyclic) bond motifs is 1. The van der Waals surface area contributed by atoms with Crippen molar-refractivity contribution < 1.29 is 28.4 Å². The predicted molar refractivity (Wildman–Crippen MR) is 128 cm³/mol. The van der Waals surface area contributed by atoms with E-state index in [4.69, 9.17) is 0 Å². The van der Waals surface area contributed by atoms with Gasteiger partial charge in [-0.25, -0.2) is 8.97 Å². The van der Waals surface area contributed by atoms with Crippen LogP contribution in [0.1, 0.15) is 29.2 Å². The number of rotatable bonds is 5. The minimum Gasteiger partial charge on any atom is -1.00 e. The van der Waals surface area contributed by atoms with Crippen LogP contribution in [0, 0.1) is 13.8 Å². The fraction of sp³-hybridized carbons (Fsp3) is 0.222. The van der Waals surface area contributed by atoms with Crippen molar-refractivity contribution in [2.75, 3.05) is 19.0 Å². The molecule has 4 aromatic rings. The lowest BCUT2D eigenvalue weighted by Crippen LogP contribution is -3.00. The molecule has 0 amide bonds. The second-order valence-electron chi connectivity index (χ2n) is 8.10. The van der Waals surface area contributed by atoms with E-state index in [2.05, 4.69) is 128 Å². The second-order valence-corrected chi connectivity index (χ2v) is 8.10. The van der Waals surface area contributed by atoms with Crippen LogP contribution in [0.15, 0.2) is 67.0 Å². The average molecular weight is 523 g/mol. The molecule has 2 aromatic carbocycles. The molecule has 0 bridgehead atoms. The fourth-order valence-corrected chi connectivity index (χ4v) is 3.81. The average Bonchev–Trinajstić information content (AvgIpc) is 3.12. The summed E-state index contributed by atoms with van der Waals surface area (Å²) >= 11 is 0. The molecular formula is C27H30IN3. The topological polar surface area (TPSA) is 12.3 Å². The van der Waals surface area contributed by atoms with Gasteiger partial charge < -0.3 is 28.9 Å². The summed E-state index contributed by atoms with van der Waals surface area (Å²) in [7, 11) is 4.12. The first-order chi connectivity index (χ1) is 14.5. The lowest BCUT2D eigenvalue weighted by molar-refractivity contribution is -0.510. The number of aryl methyl sites for hydroxylation is 3. The molecule has 0 spiro atoms. The van der Waals surface area contributed by atoms with Gasteiger partial charge >= 0.3 is 0 Å². The van der Waals surface area contributed by atoms with E-state index in [-0.39, 0.29) is 24.0 Å². The number of hydrogen-bond donors (Lipinski definition) is 0. The molecule has 2 heterocycles. The van der Waals surface area contributed by atoms with E-state index in [1.54, 1.807) is 0 Å². The normalized spacial score (nSPS) is 11.1. The molecule has 3 nitrogen and oxygen atoms in total. The van der Waals surface area contributed by atoms with Crippen molar-refractivity contribution in [3.05, 3.63) is 89.2 Å². The summed E-state index contributed by atoms with van der Waals surface area (Å²) in [4.78, 5) is 2.12. The molecule has 0 unspecified atom stereocenters. The summed E-state index contributed by atoms with van der Waals surface area (Å²) in [5.41, 5.74) is 10.00. The van der Waals surface area contributed by atoms with Gasteiger partial charge in [0.05, 0.1) is 12.7 Å². The van der Waals surface area contributed by atoms with Crippen molar-refractivity contribution in [1.82, 2.24) is 4.57 Å². The van der Waals surface area contributed by atoms with Crippen LogP contribution in [0.4, 0.5) is 5.69 Å². The third kappa shape index (κ3) is 4.85. The summed E-state index contributed by atoms with van der Waals surface area (Å²) in [5.74, 6) is 0. The molecule has 0 N–H and O–H groups in total. The van der Waals surface area contributed by atoms with Gasteiger partial charge in [0.2, 0.25) is 0 Å². The molecule has 2 aromatic heterocycles. The molecule has 0 aliphatic heterocycles. The minimum absolute atomic E-state index is 0. The third-order valence-electron chi connectivity index (χ3n) is 5.81. The fourth-order valence-electron chi connectivity index (χ4n) is 3.81. The Hall–Kier alpha value is -2.60. The minimum atomic E-state index is 0. The van der Waals surface area contributed by atoms with E-state index >= 15 is 0 Å². The van der Waals surface area contributed by atoms with Gasteiger partial charge in [-0.2, -0.15) is 0 Å². The lowest BCUT2D eigenvalue weighted by atomic mass is 10.0. The number of imidazole rings is 1. The third-order valence-corrected chi connectivity index (χ3v) is 5.81. The highest BCUT2D eigenvalue weighted by atomic mass is 127. The first-order valence-corrected chi connectivity index (χ1v) is 10.5. The largest absolute Gasteiger partial charge is 1.00 e. The maximum Gasteiger partial charge on any atom is 0.287 e. The first-order valence-electron chi connectivity index (χ1n) is 10.5.